The minimum Gasteiger partial charge on any atom is -0.263 e. The van der Waals surface area contributed by atoms with Crippen LogP contribution in [0.15, 0.2) is 47.4 Å². The molecule has 2 aromatic carbocycles. The number of hydrogen-bond donors (Lipinski definition) is 1. The molecule has 0 amide bonds. The van der Waals surface area contributed by atoms with Gasteiger partial charge in [0.1, 0.15) is 10.7 Å². The summed E-state index contributed by atoms with van der Waals surface area (Å²) < 4.78 is 67.9. The Kier molecular flexibility index (Phi) is 5.79. The van der Waals surface area contributed by atoms with E-state index in [2.05, 4.69) is 9.82 Å². The van der Waals surface area contributed by atoms with Gasteiger partial charge < -0.3 is 0 Å². The van der Waals surface area contributed by atoms with Crippen molar-refractivity contribution in [3.63, 3.8) is 0 Å². The lowest BCUT2D eigenvalue weighted by atomic mass is 10.2. The van der Waals surface area contributed by atoms with Crippen LogP contribution in [0.5, 0.6) is 0 Å². The number of aromatic nitrogens is 2. The van der Waals surface area contributed by atoms with Crippen molar-refractivity contribution in [1.29, 1.82) is 0 Å². The molecule has 154 valence electrons. The summed E-state index contributed by atoms with van der Waals surface area (Å²) in [6, 6.07) is 7.96. The molecule has 0 bridgehead atoms. The molecule has 5 nitrogen and oxygen atoms in total. The van der Waals surface area contributed by atoms with Gasteiger partial charge in [0.2, 0.25) is 0 Å². The Morgan fingerprint density at radius 3 is 2.24 bits per heavy atom. The van der Waals surface area contributed by atoms with Crippen molar-refractivity contribution in [3.05, 3.63) is 68.8 Å². The van der Waals surface area contributed by atoms with E-state index in [0.29, 0.717) is 23.5 Å². The maximum Gasteiger partial charge on any atom is 0.416 e. The Morgan fingerprint density at radius 2 is 1.62 bits per heavy atom. The molecule has 0 radical (unpaired) electrons. The third kappa shape index (κ3) is 4.63. The van der Waals surface area contributed by atoms with Gasteiger partial charge in [0.25, 0.3) is 10.0 Å². The van der Waals surface area contributed by atoms with Crippen LogP contribution in [0.1, 0.15) is 11.3 Å². The van der Waals surface area contributed by atoms with Crippen molar-refractivity contribution >= 4 is 50.6 Å². The van der Waals surface area contributed by atoms with Crippen LogP contribution in [-0.4, -0.2) is 18.2 Å². The van der Waals surface area contributed by atoms with Crippen LogP contribution in [0.3, 0.4) is 0 Å². The number of aryl methyl sites for hydroxylation is 1. The quantitative estimate of drug-likeness (QED) is 0.497. The normalized spacial score (nSPS) is 12.2. The molecule has 0 spiro atoms. The first-order valence-corrected chi connectivity index (χ1v) is 10.4. The van der Waals surface area contributed by atoms with Crippen molar-refractivity contribution in [1.82, 2.24) is 9.78 Å². The fraction of sp³-hybridized carbons (Fsp3) is 0.118. The predicted octanol–water partition coefficient (Wildman–Crippen LogP) is 5.96. The van der Waals surface area contributed by atoms with E-state index in [0.717, 1.165) is 6.07 Å². The van der Waals surface area contributed by atoms with E-state index in [4.69, 9.17) is 34.8 Å². The van der Waals surface area contributed by atoms with Crippen molar-refractivity contribution in [2.75, 3.05) is 4.72 Å². The average molecular weight is 485 g/mol. The smallest absolute Gasteiger partial charge is 0.263 e. The maximum atomic E-state index is 13.0. The number of hydrogen-bond acceptors (Lipinski definition) is 3. The van der Waals surface area contributed by atoms with Crippen LogP contribution in [0.25, 0.3) is 5.69 Å². The zero-order chi connectivity index (χ0) is 21.6. The van der Waals surface area contributed by atoms with Gasteiger partial charge in [0.15, 0.2) is 0 Å². The first-order chi connectivity index (χ1) is 13.4. The first-order valence-electron chi connectivity index (χ1n) is 7.80. The van der Waals surface area contributed by atoms with E-state index in [9.17, 15) is 21.6 Å². The van der Waals surface area contributed by atoms with Gasteiger partial charge in [-0.25, -0.2) is 13.1 Å². The van der Waals surface area contributed by atoms with Crippen molar-refractivity contribution in [2.45, 2.75) is 18.0 Å². The van der Waals surface area contributed by atoms with Gasteiger partial charge in [0, 0.05) is 6.07 Å². The highest BCUT2D eigenvalue weighted by Gasteiger charge is 2.33. The summed E-state index contributed by atoms with van der Waals surface area (Å²) in [6.07, 6.45) is -4.73. The summed E-state index contributed by atoms with van der Waals surface area (Å²) in [5.41, 5.74) is -0.305. The van der Waals surface area contributed by atoms with E-state index < -0.39 is 26.7 Å². The largest absolute Gasteiger partial charge is 0.416 e. The molecule has 0 aliphatic rings. The number of rotatable bonds is 4. The molecule has 0 aliphatic carbocycles. The van der Waals surface area contributed by atoms with Gasteiger partial charge in [-0.15, -0.1) is 0 Å². The molecule has 1 heterocycles. The summed E-state index contributed by atoms with van der Waals surface area (Å²) in [6.45, 7) is 1.61. The van der Waals surface area contributed by atoms with Gasteiger partial charge in [0.05, 0.1) is 32.0 Å². The molecule has 3 aromatic rings. The van der Waals surface area contributed by atoms with Crippen LogP contribution in [-0.2, 0) is 16.2 Å². The molecule has 0 unspecified atom stereocenters. The predicted molar refractivity (Wildman–Crippen MR) is 106 cm³/mol. The van der Waals surface area contributed by atoms with Gasteiger partial charge in [-0.3, -0.25) is 4.72 Å². The lowest BCUT2D eigenvalue weighted by molar-refractivity contribution is -0.137. The molecule has 1 aromatic heterocycles. The Labute approximate surface area is 179 Å². The number of alkyl halides is 3. The molecule has 0 fully saturated rings. The Balaban J connectivity index is 2.06. The number of anilines is 1. The number of nitrogens with zero attached hydrogens (tertiary/aromatic N) is 2. The topological polar surface area (TPSA) is 64.0 Å². The SMILES string of the molecule is Cc1cc(NS(=O)(=O)c2cc(C(F)(F)F)ccc2Cl)n(-c2ccc(Cl)c(Cl)c2)n1. The summed E-state index contributed by atoms with van der Waals surface area (Å²) in [5, 5.41) is 4.33. The fourth-order valence-electron chi connectivity index (χ4n) is 2.46. The van der Waals surface area contributed by atoms with Gasteiger partial charge in [-0.2, -0.15) is 18.3 Å². The van der Waals surface area contributed by atoms with Crippen LogP contribution in [0.2, 0.25) is 15.1 Å². The Morgan fingerprint density at radius 1 is 0.966 bits per heavy atom. The maximum absolute atomic E-state index is 13.0. The standard InChI is InChI=1S/C17H11Cl3F3N3O2S/c1-9-6-16(26(24-9)11-3-5-12(18)14(20)8-11)25-29(27,28)15-7-10(17(21,22)23)2-4-13(15)19/h2-8,25H,1H3. The van der Waals surface area contributed by atoms with Gasteiger partial charge >= 0.3 is 6.18 Å². The monoisotopic (exact) mass is 483 g/mol. The molecular formula is C17H11Cl3F3N3O2S. The van der Waals surface area contributed by atoms with Gasteiger partial charge in [-0.1, -0.05) is 34.8 Å². The Bertz CT molecular complexity index is 1190. The molecule has 0 atom stereocenters. The second-order valence-electron chi connectivity index (χ2n) is 5.93. The molecule has 0 saturated heterocycles. The minimum absolute atomic E-state index is 0.0191. The average Bonchev–Trinajstić information content (AvgIpc) is 2.96. The minimum atomic E-state index is -4.73. The van der Waals surface area contributed by atoms with Crippen LogP contribution in [0.4, 0.5) is 19.0 Å². The fourth-order valence-corrected chi connectivity index (χ4v) is 4.32. The van der Waals surface area contributed by atoms with E-state index in [-0.39, 0.29) is 20.9 Å². The van der Waals surface area contributed by atoms with Crippen molar-refractivity contribution in [3.8, 4) is 5.69 Å². The van der Waals surface area contributed by atoms with E-state index in [1.165, 1.54) is 22.9 Å². The number of nitrogens with one attached hydrogen (secondary N) is 1. The highest BCUT2D eigenvalue weighted by Crippen LogP contribution is 2.34. The van der Waals surface area contributed by atoms with Gasteiger partial charge in [-0.05, 0) is 43.3 Å². The van der Waals surface area contributed by atoms with Crippen LogP contribution < -0.4 is 4.72 Å². The molecule has 3 rings (SSSR count). The number of sulfonamides is 1. The molecule has 0 aliphatic heterocycles. The number of benzene rings is 2. The molecule has 12 heteroatoms. The lowest BCUT2D eigenvalue weighted by Gasteiger charge is -2.14. The molecule has 29 heavy (non-hydrogen) atoms. The van der Waals surface area contributed by atoms with E-state index >= 15 is 0 Å². The van der Waals surface area contributed by atoms with Crippen LogP contribution in [0, 0.1) is 6.92 Å². The molecule has 0 saturated carbocycles. The third-order valence-corrected chi connectivity index (χ3v) is 6.34. The summed E-state index contributed by atoms with van der Waals surface area (Å²) in [5.74, 6) is -0.0191. The van der Waals surface area contributed by atoms with Crippen molar-refractivity contribution in [2.24, 2.45) is 0 Å². The highest BCUT2D eigenvalue weighted by molar-refractivity contribution is 7.92. The summed E-state index contributed by atoms with van der Waals surface area (Å²) in [4.78, 5) is -0.714. The highest BCUT2D eigenvalue weighted by atomic mass is 35.5. The second kappa shape index (κ2) is 7.71. The lowest BCUT2D eigenvalue weighted by Crippen LogP contribution is -2.17. The first kappa shape index (κ1) is 21.8. The van der Waals surface area contributed by atoms with Crippen molar-refractivity contribution < 1.29 is 21.6 Å². The molecular weight excluding hydrogens is 474 g/mol. The third-order valence-electron chi connectivity index (χ3n) is 3.77. The molecule has 1 N–H and O–H groups in total. The summed E-state index contributed by atoms with van der Waals surface area (Å²) >= 11 is 17.7. The number of halogens is 6. The van der Waals surface area contributed by atoms with E-state index in [1.54, 1.807) is 13.0 Å². The second-order valence-corrected chi connectivity index (χ2v) is 8.80. The zero-order valence-corrected chi connectivity index (χ0v) is 17.5. The summed E-state index contributed by atoms with van der Waals surface area (Å²) in [7, 11) is -4.46. The van der Waals surface area contributed by atoms with Crippen LogP contribution >= 0.6 is 34.8 Å². The van der Waals surface area contributed by atoms with E-state index in [1.807, 2.05) is 0 Å². The Hall–Kier alpha value is -1.94. The zero-order valence-electron chi connectivity index (χ0n) is 14.4.